The second-order valence-electron chi connectivity index (χ2n) is 5.38. The molecule has 0 bridgehead atoms. The molecule has 0 spiro atoms. The van der Waals surface area contributed by atoms with Crippen molar-refractivity contribution in [2.45, 2.75) is 25.6 Å². The Bertz CT molecular complexity index is 492. The SMILES string of the molecule is CC1CN(C)CCC1Nc1cc(NN)nc(C(F)(F)F)n1. The van der Waals surface area contributed by atoms with Gasteiger partial charge in [-0.15, -0.1) is 0 Å². The number of halogens is 3. The molecule has 1 fully saturated rings. The molecule has 0 amide bonds. The van der Waals surface area contributed by atoms with Crippen LogP contribution >= 0.6 is 0 Å². The van der Waals surface area contributed by atoms with Crippen molar-refractivity contribution in [3.63, 3.8) is 0 Å². The van der Waals surface area contributed by atoms with Crippen LogP contribution in [0.25, 0.3) is 0 Å². The number of nitrogens with zero attached hydrogens (tertiary/aromatic N) is 3. The van der Waals surface area contributed by atoms with Crippen molar-refractivity contribution in [3.8, 4) is 0 Å². The molecule has 0 radical (unpaired) electrons. The van der Waals surface area contributed by atoms with Gasteiger partial charge in [0, 0.05) is 18.7 Å². The van der Waals surface area contributed by atoms with Gasteiger partial charge in [0.1, 0.15) is 11.6 Å². The summed E-state index contributed by atoms with van der Waals surface area (Å²) >= 11 is 0. The van der Waals surface area contributed by atoms with Crippen LogP contribution in [-0.2, 0) is 6.18 Å². The predicted octanol–water partition coefficient (Wildman–Crippen LogP) is 1.53. The topological polar surface area (TPSA) is 79.1 Å². The van der Waals surface area contributed by atoms with Gasteiger partial charge in [-0.25, -0.2) is 15.8 Å². The number of aromatic nitrogens is 2. The minimum absolute atomic E-state index is 0.0691. The highest BCUT2D eigenvalue weighted by atomic mass is 19.4. The standard InChI is InChI=1S/C12H19F3N6/c1-7-6-21(2)4-3-8(7)17-9-5-10(20-16)19-11(18-9)12(13,14)15/h5,7-8H,3-4,6,16H2,1-2H3,(H2,17,18,19,20). The fraction of sp³-hybridized carbons (Fsp3) is 0.667. The molecular formula is C12H19F3N6. The first-order valence-electron chi connectivity index (χ1n) is 6.67. The van der Waals surface area contributed by atoms with Crippen LogP contribution in [0.1, 0.15) is 19.2 Å². The van der Waals surface area contributed by atoms with Crippen molar-refractivity contribution in [2.24, 2.45) is 11.8 Å². The number of nitrogens with two attached hydrogens (primary N) is 1. The normalized spacial score (nSPS) is 23.9. The van der Waals surface area contributed by atoms with Gasteiger partial charge in [0.25, 0.3) is 0 Å². The molecule has 9 heteroatoms. The minimum atomic E-state index is -4.61. The third-order valence-electron chi connectivity index (χ3n) is 3.57. The Balaban J connectivity index is 2.19. The highest BCUT2D eigenvalue weighted by molar-refractivity contribution is 5.47. The van der Waals surface area contributed by atoms with Crippen molar-refractivity contribution in [1.29, 1.82) is 0 Å². The molecule has 1 aliphatic heterocycles. The molecule has 1 aromatic heterocycles. The molecule has 0 aliphatic carbocycles. The molecular weight excluding hydrogens is 285 g/mol. The molecule has 6 nitrogen and oxygen atoms in total. The summed E-state index contributed by atoms with van der Waals surface area (Å²) in [4.78, 5) is 9.06. The van der Waals surface area contributed by atoms with Gasteiger partial charge >= 0.3 is 6.18 Å². The largest absolute Gasteiger partial charge is 0.451 e. The molecule has 2 heterocycles. The second-order valence-corrected chi connectivity index (χ2v) is 5.38. The summed E-state index contributed by atoms with van der Waals surface area (Å²) in [6.45, 7) is 3.83. The van der Waals surface area contributed by atoms with E-state index in [9.17, 15) is 13.2 Å². The zero-order chi connectivity index (χ0) is 15.6. The number of alkyl halides is 3. The average molecular weight is 304 g/mol. The van der Waals surface area contributed by atoms with Crippen molar-refractivity contribution in [3.05, 3.63) is 11.9 Å². The van der Waals surface area contributed by atoms with Crippen molar-refractivity contribution in [1.82, 2.24) is 14.9 Å². The number of anilines is 2. The van der Waals surface area contributed by atoms with Crippen molar-refractivity contribution >= 4 is 11.6 Å². The number of rotatable bonds is 3. The number of nitrogens with one attached hydrogen (secondary N) is 2. The zero-order valence-electron chi connectivity index (χ0n) is 11.9. The Labute approximate surface area is 120 Å². The van der Waals surface area contributed by atoms with E-state index >= 15 is 0 Å². The van der Waals surface area contributed by atoms with Gasteiger partial charge in [0.15, 0.2) is 0 Å². The molecule has 4 N–H and O–H groups in total. The van der Waals surface area contributed by atoms with Crippen LogP contribution in [0, 0.1) is 5.92 Å². The van der Waals surface area contributed by atoms with Gasteiger partial charge in [0.05, 0.1) is 0 Å². The lowest BCUT2D eigenvalue weighted by molar-refractivity contribution is -0.144. The first-order valence-corrected chi connectivity index (χ1v) is 6.67. The number of nitrogen functional groups attached to an aromatic ring is 1. The monoisotopic (exact) mass is 304 g/mol. The van der Waals surface area contributed by atoms with Gasteiger partial charge in [-0.3, -0.25) is 0 Å². The van der Waals surface area contributed by atoms with Gasteiger partial charge < -0.3 is 15.6 Å². The van der Waals surface area contributed by atoms with E-state index in [1.54, 1.807) is 0 Å². The fourth-order valence-electron chi connectivity index (χ4n) is 2.48. The molecule has 118 valence electrons. The third-order valence-corrected chi connectivity index (χ3v) is 3.57. The highest BCUT2D eigenvalue weighted by Gasteiger charge is 2.36. The van der Waals surface area contributed by atoms with E-state index in [0.29, 0.717) is 5.92 Å². The lowest BCUT2D eigenvalue weighted by Gasteiger charge is -2.35. The molecule has 2 atom stereocenters. The van der Waals surface area contributed by atoms with Gasteiger partial charge in [-0.05, 0) is 25.9 Å². The van der Waals surface area contributed by atoms with Gasteiger partial charge in [-0.2, -0.15) is 13.2 Å². The molecule has 2 unspecified atom stereocenters. The maximum absolute atomic E-state index is 12.8. The number of hydrazine groups is 1. The fourth-order valence-corrected chi connectivity index (χ4v) is 2.48. The number of hydrogen-bond acceptors (Lipinski definition) is 6. The quantitative estimate of drug-likeness (QED) is 0.580. The van der Waals surface area contributed by atoms with Gasteiger partial charge in [0.2, 0.25) is 5.82 Å². The molecule has 1 aliphatic rings. The lowest BCUT2D eigenvalue weighted by atomic mass is 9.94. The first kappa shape index (κ1) is 15.8. The number of hydrogen-bond donors (Lipinski definition) is 3. The maximum atomic E-state index is 12.8. The van der Waals surface area contributed by atoms with E-state index in [-0.39, 0.29) is 17.7 Å². The lowest BCUT2D eigenvalue weighted by Crippen LogP contribution is -2.43. The van der Waals surface area contributed by atoms with Crippen LogP contribution in [-0.4, -0.2) is 41.0 Å². The van der Waals surface area contributed by atoms with E-state index in [2.05, 4.69) is 32.5 Å². The van der Waals surface area contributed by atoms with E-state index in [1.807, 2.05) is 7.05 Å². The first-order chi connectivity index (χ1) is 9.79. The Kier molecular flexibility index (Phi) is 4.52. The van der Waals surface area contributed by atoms with Crippen LogP contribution in [0.4, 0.5) is 24.8 Å². The summed E-state index contributed by atoms with van der Waals surface area (Å²) in [5.41, 5.74) is 2.14. The number of likely N-dealkylation sites (tertiary alicyclic amines) is 1. The molecule has 0 aromatic carbocycles. The summed E-state index contributed by atoms with van der Waals surface area (Å²) < 4.78 is 38.3. The summed E-state index contributed by atoms with van der Waals surface area (Å²) in [5.74, 6) is 4.33. The Hall–Kier alpha value is -1.61. The Morgan fingerprint density at radius 1 is 1.33 bits per heavy atom. The van der Waals surface area contributed by atoms with Crippen molar-refractivity contribution < 1.29 is 13.2 Å². The van der Waals surface area contributed by atoms with Crippen molar-refractivity contribution in [2.75, 3.05) is 30.9 Å². The van der Waals surface area contributed by atoms with E-state index in [0.717, 1.165) is 19.5 Å². The Morgan fingerprint density at radius 2 is 2.00 bits per heavy atom. The zero-order valence-corrected chi connectivity index (χ0v) is 11.9. The maximum Gasteiger partial charge on any atom is 0.451 e. The molecule has 1 saturated heterocycles. The summed E-state index contributed by atoms with van der Waals surface area (Å²) in [7, 11) is 2.02. The van der Waals surface area contributed by atoms with Crippen LogP contribution < -0.4 is 16.6 Å². The molecule has 2 rings (SSSR count). The van der Waals surface area contributed by atoms with E-state index in [1.165, 1.54) is 6.07 Å². The molecule has 0 saturated carbocycles. The van der Waals surface area contributed by atoms with Crippen LogP contribution in [0.5, 0.6) is 0 Å². The Morgan fingerprint density at radius 3 is 2.57 bits per heavy atom. The van der Waals surface area contributed by atoms with E-state index < -0.39 is 12.0 Å². The second kappa shape index (κ2) is 6.02. The average Bonchev–Trinajstić information content (AvgIpc) is 2.40. The van der Waals surface area contributed by atoms with Crippen LogP contribution in [0.2, 0.25) is 0 Å². The third kappa shape index (κ3) is 3.94. The van der Waals surface area contributed by atoms with Crippen LogP contribution in [0.15, 0.2) is 6.07 Å². The van der Waals surface area contributed by atoms with E-state index in [4.69, 9.17) is 5.84 Å². The van der Waals surface area contributed by atoms with Gasteiger partial charge in [-0.1, -0.05) is 6.92 Å². The summed E-state index contributed by atoms with van der Waals surface area (Å²) in [6.07, 6.45) is -3.77. The van der Waals surface area contributed by atoms with Crippen LogP contribution in [0.3, 0.4) is 0 Å². The highest BCUT2D eigenvalue weighted by Crippen LogP contribution is 2.29. The molecule has 21 heavy (non-hydrogen) atoms. The predicted molar refractivity (Wildman–Crippen MR) is 73.5 cm³/mol. The summed E-state index contributed by atoms with van der Waals surface area (Å²) in [5, 5.41) is 3.07. The number of piperidine rings is 1. The summed E-state index contributed by atoms with van der Waals surface area (Å²) in [6, 6.07) is 1.45. The smallest absolute Gasteiger partial charge is 0.367 e. The molecule has 1 aromatic rings. The minimum Gasteiger partial charge on any atom is -0.367 e.